The van der Waals surface area contributed by atoms with Crippen LogP contribution in [-0.2, 0) is 19.2 Å². The van der Waals surface area contributed by atoms with Crippen molar-refractivity contribution in [1.82, 2.24) is 0 Å². The highest BCUT2D eigenvalue weighted by molar-refractivity contribution is 6.00. The van der Waals surface area contributed by atoms with Crippen molar-refractivity contribution in [3.05, 3.63) is 47.1 Å². The standard InChI is InChI=1S/C40H56O6/c1-23(2)29-13-9-24(3)30-15-18-40(37(45)46)28(12-11-27(22-41)19-31(29)30)20-34(42)26(5)33(40)21-32-25(4)10-14-35-38(32,6)16-8-17-39(35,7)36(43)44/h19,22-23,28-32,35H,3-4,8-18,20-21H2,1-2,5-7H3,(H,43,44)(H,45,46). The topological polar surface area (TPSA) is 109 Å². The molecule has 0 aromatic rings. The molecular formula is C40H56O6. The number of aldehydes is 1. The van der Waals surface area contributed by atoms with Crippen molar-refractivity contribution in [1.29, 1.82) is 0 Å². The predicted molar refractivity (Wildman–Crippen MR) is 180 cm³/mol. The van der Waals surface area contributed by atoms with Gasteiger partial charge in [-0.05, 0) is 148 Å². The molecule has 9 unspecified atom stereocenters. The van der Waals surface area contributed by atoms with E-state index in [-0.39, 0.29) is 41.3 Å². The molecule has 0 radical (unpaired) electrons. The van der Waals surface area contributed by atoms with E-state index in [9.17, 15) is 29.4 Å². The van der Waals surface area contributed by atoms with Gasteiger partial charge in [0.1, 0.15) is 6.29 Å². The van der Waals surface area contributed by atoms with E-state index in [1.54, 1.807) is 0 Å². The lowest BCUT2D eigenvalue weighted by Gasteiger charge is -2.58. The maximum Gasteiger partial charge on any atom is 0.314 e. The Morgan fingerprint density at radius 2 is 1.67 bits per heavy atom. The summed E-state index contributed by atoms with van der Waals surface area (Å²) in [6, 6.07) is 0. The molecule has 6 heteroatoms. The average Bonchev–Trinajstić information content (AvgIpc) is 2.98. The number of carbonyl (C=O) groups is 4. The summed E-state index contributed by atoms with van der Waals surface area (Å²) in [5, 5.41) is 21.8. The van der Waals surface area contributed by atoms with Gasteiger partial charge in [-0.15, -0.1) is 0 Å². The van der Waals surface area contributed by atoms with Crippen LogP contribution < -0.4 is 0 Å². The van der Waals surface area contributed by atoms with Crippen LogP contribution in [0.5, 0.6) is 0 Å². The summed E-state index contributed by atoms with van der Waals surface area (Å²) < 4.78 is 0. The first-order valence-electron chi connectivity index (χ1n) is 17.8. The zero-order valence-corrected chi connectivity index (χ0v) is 28.8. The van der Waals surface area contributed by atoms with Crippen LogP contribution in [-0.4, -0.2) is 34.2 Å². The zero-order valence-electron chi connectivity index (χ0n) is 28.8. The van der Waals surface area contributed by atoms with E-state index >= 15 is 0 Å². The van der Waals surface area contributed by atoms with E-state index in [1.807, 2.05) is 13.8 Å². The Kier molecular flexibility index (Phi) is 9.54. The van der Waals surface area contributed by atoms with Crippen molar-refractivity contribution in [2.24, 2.45) is 57.7 Å². The molecule has 0 aliphatic heterocycles. The maximum atomic E-state index is 13.9. The molecule has 0 bridgehead atoms. The van der Waals surface area contributed by atoms with Crippen LogP contribution in [0.3, 0.4) is 0 Å². The van der Waals surface area contributed by atoms with Crippen molar-refractivity contribution < 1.29 is 29.4 Å². The van der Waals surface area contributed by atoms with E-state index in [1.165, 1.54) is 0 Å². The van der Waals surface area contributed by atoms with Crippen LogP contribution in [0, 0.1) is 57.7 Å². The van der Waals surface area contributed by atoms with Gasteiger partial charge in [0.15, 0.2) is 5.78 Å². The number of hydrogen-bond donors (Lipinski definition) is 2. The lowest BCUT2D eigenvalue weighted by atomic mass is 9.45. The fourth-order valence-electron chi connectivity index (χ4n) is 11.4. The average molecular weight is 633 g/mol. The third-order valence-corrected chi connectivity index (χ3v) is 14.2. The Bertz CT molecular complexity index is 1380. The number of carbonyl (C=O) groups excluding carboxylic acids is 2. The first-order chi connectivity index (χ1) is 21.6. The summed E-state index contributed by atoms with van der Waals surface area (Å²) in [5.41, 5.74) is 1.75. The van der Waals surface area contributed by atoms with E-state index in [0.29, 0.717) is 67.9 Å². The molecule has 0 spiro atoms. The summed E-state index contributed by atoms with van der Waals surface area (Å²) in [6.45, 7) is 19.4. The Morgan fingerprint density at radius 3 is 2.30 bits per heavy atom. The maximum absolute atomic E-state index is 13.9. The molecule has 5 rings (SSSR count). The molecule has 9 atom stereocenters. The molecule has 0 aromatic carbocycles. The minimum atomic E-state index is -1.24. The molecule has 0 amide bonds. The number of aliphatic carboxylic acids is 2. The molecule has 3 saturated carbocycles. The highest BCUT2D eigenvalue weighted by Crippen LogP contribution is 2.64. The second kappa shape index (κ2) is 12.7. The SMILES string of the molecule is C=C1CCC(C(C)C)C2C=C(C=O)CCC3CC(=O)C(C)=C(CC4C(=C)CCC5C(C)(C(=O)O)CCCC45C)C3(C(=O)O)CCC12. The van der Waals surface area contributed by atoms with E-state index in [0.717, 1.165) is 55.1 Å². The van der Waals surface area contributed by atoms with Crippen LogP contribution in [0.25, 0.3) is 0 Å². The van der Waals surface area contributed by atoms with Crippen LogP contribution in [0.2, 0.25) is 0 Å². The fourth-order valence-corrected chi connectivity index (χ4v) is 11.4. The molecule has 5 aliphatic rings. The van der Waals surface area contributed by atoms with Gasteiger partial charge in [0.25, 0.3) is 0 Å². The summed E-state index contributed by atoms with van der Waals surface area (Å²) in [4.78, 5) is 52.8. The molecule has 252 valence electrons. The minimum absolute atomic E-state index is 0.00691. The number of allylic oxidation sites excluding steroid dienone is 5. The summed E-state index contributed by atoms with van der Waals surface area (Å²) in [6.07, 6.45) is 11.4. The smallest absolute Gasteiger partial charge is 0.314 e. The molecule has 0 heterocycles. The van der Waals surface area contributed by atoms with E-state index < -0.39 is 28.7 Å². The van der Waals surface area contributed by atoms with Crippen molar-refractivity contribution in [2.75, 3.05) is 0 Å². The van der Waals surface area contributed by atoms with Crippen LogP contribution in [0.15, 0.2) is 47.1 Å². The van der Waals surface area contributed by atoms with Crippen molar-refractivity contribution >= 4 is 24.0 Å². The summed E-state index contributed by atoms with van der Waals surface area (Å²) in [5.74, 6) is -1.20. The monoisotopic (exact) mass is 632 g/mol. The highest BCUT2D eigenvalue weighted by Gasteiger charge is 2.60. The number of ketones is 1. The van der Waals surface area contributed by atoms with Gasteiger partial charge < -0.3 is 10.2 Å². The van der Waals surface area contributed by atoms with E-state index in [2.05, 4.69) is 40.0 Å². The first kappa shape index (κ1) is 34.6. The lowest BCUT2D eigenvalue weighted by Crippen LogP contribution is -2.54. The Morgan fingerprint density at radius 1 is 0.978 bits per heavy atom. The predicted octanol–water partition coefficient (Wildman–Crippen LogP) is 8.77. The van der Waals surface area contributed by atoms with Gasteiger partial charge in [-0.3, -0.25) is 19.2 Å². The van der Waals surface area contributed by atoms with Crippen molar-refractivity contribution in [3.63, 3.8) is 0 Å². The minimum Gasteiger partial charge on any atom is -0.481 e. The van der Waals surface area contributed by atoms with Crippen molar-refractivity contribution in [3.8, 4) is 0 Å². The Hall–Kier alpha value is -2.76. The van der Waals surface area contributed by atoms with Gasteiger partial charge >= 0.3 is 11.9 Å². The van der Waals surface area contributed by atoms with Gasteiger partial charge in [0, 0.05) is 6.42 Å². The normalized spacial score (nSPS) is 40.4. The molecule has 46 heavy (non-hydrogen) atoms. The van der Waals surface area contributed by atoms with Crippen LogP contribution in [0.4, 0.5) is 0 Å². The Labute approximate surface area is 275 Å². The van der Waals surface area contributed by atoms with E-state index in [4.69, 9.17) is 0 Å². The fraction of sp³-hybridized carbons (Fsp3) is 0.700. The van der Waals surface area contributed by atoms with Crippen LogP contribution in [0.1, 0.15) is 118 Å². The van der Waals surface area contributed by atoms with Crippen LogP contribution >= 0.6 is 0 Å². The number of rotatable bonds is 6. The molecule has 2 N–H and O–H groups in total. The van der Waals surface area contributed by atoms with Gasteiger partial charge in [-0.1, -0.05) is 57.6 Å². The van der Waals surface area contributed by atoms with Crippen molar-refractivity contribution in [2.45, 2.75) is 118 Å². The molecule has 6 nitrogen and oxygen atoms in total. The molecular weight excluding hydrogens is 576 g/mol. The molecule has 0 saturated heterocycles. The number of Topliss-reactive ketones (excluding diaryl/α,β-unsaturated/α-hetero) is 1. The number of fused-ring (bicyclic) bond motifs is 3. The van der Waals surface area contributed by atoms with Gasteiger partial charge in [0.2, 0.25) is 0 Å². The molecule has 3 fully saturated rings. The van der Waals surface area contributed by atoms with Gasteiger partial charge in [-0.2, -0.15) is 0 Å². The summed E-state index contributed by atoms with van der Waals surface area (Å²) in [7, 11) is 0. The lowest BCUT2D eigenvalue weighted by molar-refractivity contribution is -0.164. The Balaban J connectivity index is 1.62. The zero-order chi connectivity index (χ0) is 33.8. The third-order valence-electron chi connectivity index (χ3n) is 14.2. The highest BCUT2D eigenvalue weighted by atomic mass is 16.4. The number of carboxylic acid groups (broad SMARTS) is 2. The molecule has 5 aliphatic carbocycles. The largest absolute Gasteiger partial charge is 0.481 e. The summed E-state index contributed by atoms with van der Waals surface area (Å²) >= 11 is 0. The quantitative estimate of drug-likeness (QED) is 0.224. The number of carboxylic acids is 2. The number of hydrogen-bond acceptors (Lipinski definition) is 4. The third kappa shape index (κ3) is 5.49. The van der Waals surface area contributed by atoms with Gasteiger partial charge in [0.05, 0.1) is 10.8 Å². The van der Waals surface area contributed by atoms with Gasteiger partial charge in [-0.25, -0.2) is 0 Å². The first-order valence-corrected chi connectivity index (χ1v) is 17.8. The second-order valence-electron chi connectivity index (χ2n) is 16.5. The molecule has 0 aromatic heterocycles. The second-order valence-corrected chi connectivity index (χ2v) is 16.5.